The molecule has 0 aromatic carbocycles. The summed E-state index contributed by atoms with van der Waals surface area (Å²) >= 11 is 0. The molecule has 0 aliphatic carbocycles. The maximum Gasteiger partial charge on any atom is 0.245 e. The average molecular weight is 251 g/mol. The second-order valence-electron chi connectivity index (χ2n) is 5.43. The summed E-state index contributed by atoms with van der Waals surface area (Å²) in [6, 6.07) is -0.196. The highest BCUT2D eigenvalue weighted by molar-refractivity contribution is 5.87. The average Bonchev–Trinajstić information content (AvgIpc) is 2.87. The zero-order valence-electron chi connectivity index (χ0n) is 11.2. The minimum Gasteiger partial charge on any atom is -0.341 e. The van der Waals surface area contributed by atoms with Gasteiger partial charge in [-0.25, -0.2) is 0 Å². The summed E-state index contributed by atoms with van der Waals surface area (Å²) < 4.78 is 0. The molecule has 2 heterocycles. The number of carbonyl (C=O) groups is 2. The standard InChI is InChI=1S/C14H23N2O2/c1-3-12-6-9-15(10-7-12)14(18)13-5-4-8-16(13)11(2)17/h12-13H,1,3-10H2,2H3. The summed E-state index contributed by atoms with van der Waals surface area (Å²) in [5.74, 6) is 0.852. The van der Waals surface area contributed by atoms with Crippen LogP contribution in [-0.2, 0) is 9.59 Å². The predicted octanol–water partition coefficient (Wildman–Crippen LogP) is 1.46. The van der Waals surface area contributed by atoms with Gasteiger partial charge in [-0.1, -0.05) is 13.3 Å². The number of amides is 2. The molecule has 2 aliphatic rings. The summed E-state index contributed by atoms with van der Waals surface area (Å²) in [7, 11) is 0. The van der Waals surface area contributed by atoms with Gasteiger partial charge in [0.2, 0.25) is 11.8 Å². The molecule has 0 bridgehead atoms. The van der Waals surface area contributed by atoms with Gasteiger partial charge in [0.15, 0.2) is 0 Å². The lowest BCUT2D eigenvalue weighted by molar-refractivity contribution is -0.143. The van der Waals surface area contributed by atoms with Crippen LogP contribution in [0.4, 0.5) is 0 Å². The summed E-state index contributed by atoms with van der Waals surface area (Å²) in [4.78, 5) is 27.6. The SMILES string of the molecule is [CH2]CC1CCN(C(=O)C2CCCN2C(C)=O)CC1. The van der Waals surface area contributed by atoms with Crippen LogP contribution < -0.4 is 0 Å². The van der Waals surface area contributed by atoms with Crippen molar-refractivity contribution in [3.63, 3.8) is 0 Å². The van der Waals surface area contributed by atoms with Gasteiger partial charge in [-0.15, -0.1) is 0 Å². The zero-order chi connectivity index (χ0) is 13.1. The maximum atomic E-state index is 12.4. The first-order chi connectivity index (χ1) is 8.63. The van der Waals surface area contributed by atoms with Crippen LogP contribution in [0.5, 0.6) is 0 Å². The molecule has 0 spiro atoms. The fourth-order valence-corrected chi connectivity index (χ4v) is 3.05. The van der Waals surface area contributed by atoms with Crippen LogP contribution in [-0.4, -0.2) is 47.3 Å². The number of rotatable bonds is 2. The van der Waals surface area contributed by atoms with Crippen molar-refractivity contribution in [1.82, 2.24) is 9.80 Å². The third kappa shape index (κ3) is 2.68. The maximum absolute atomic E-state index is 12.4. The Labute approximate surface area is 109 Å². The normalized spacial score (nSPS) is 25.6. The molecule has 4 nitrogen and oxygen atoms in total. The molecule has 0 N–H and O–H groups in total. The Balaban J connectivity index is 1.93. The largest absolute Gasteiger partial charge is 0.341 e. The molecule has 0 aromatic heterocycles. The van der Waals surface area contributed by atoms with E-state index in [9.17, 15) is 9.59 Å². The molecule has 2 rings (SSSR count). The van der Waals surface area contributed by atoms with Crippen molar-refractivity contribution in [2.24, 2.45) is 5.92 Å². The first-order valence-electron chi connectivity index (χ1n) is 6.98. The fraction of sp³-hybridized carbons (Fsp3) is 0.786. The molecule has 2 fully saturated rings. The molecular weight excluding hydrogens is 228 g/mol. The van der Waals surface area contributed by atoms with E-state index >= 15 is 0 Å². The molecule has 2 amide bonds. The van der Waals surface area contributed by atoms with Crippen molar-refractivity contribution in [2.75, 3.05) is 19.6 Å². The first-order valence-corrected chi connectivity index (χ1v) is 6.98. The van der Waals surface area contributed by atoms with E-state index < -0.39 is 0 Å². The Kier molecular flexibility index (Phi) is 4.25. The van der Waals surface area contributed by atoms with E-state index in [1.807, 2.05) is 4.90 Å². The topological polar surface area (TPSA) is 40.6 Å². The highest BCUT2D eigenvalue weighted by Gasteiger charge is 2.35. The van der Waals surface area contributed by atoms with E-state index in [1.54, 1.807) is 11.8 Å². The van der Waals surface area contributed by atoms with Crippen LogP contribution in [0.25, 0.3) is 0 Å². The van der Waals surface area contributed by atoms with Gasteiger partial charge < -0.3 is 9.80 Å². The van der Waals surface area contributed by atoms with E-state index in [0.717, 1.165) is 51.7 Å². The second-order valence-corrected chi connectivity index (χ2v) is 5.43. The molecule has 18 heavy (non-hydrogen) atoms. The third-order valence-electron chi connectivity index (χ3n) is 4.28. The molecule has 2 aliphatic heterocycles. The number of hydrogen-bond acceptors (Lipinski definition) is 2. The summed E-state index contributed by atoms with van der Waals surface area (Å²) in [5.41, 5.74) is 0. The highest BCUT2D eigenvalue weighted by atomic mass is 16.2. The van der Waals surface area contributed by atoms with E-state index in [0.29, 0.717) is 5.92 Å². The lowest BCUT2D eigenvalue weighted by Gasteiger charge is -2.35. The number of hydrogen-bond donors (Lipinski definition) is 0. The molecule has 1 unspecified atom stereocenters. The Hall–Kier alpha value is -1.06. The quantitative estimate of drug-likeness (QED) is 0.745. The first kappa shape index (κ1) is 13.4. The number of nitrogens with zero attached hydrogens (tertiary/aromatic N) is 2. The van der Waals surface area contributed by atoms with E-state index in [2.05, 4.69) is 6.92 Å². The van der Waals surface area contributed by atoms with Gasteiger partial charge in [0.25, 0.3) is 0 Å². The van der Waals surface area contributed by atoms with Crippen molar-refractivity contribution in [2.45, 2.75) is 45.1 Å². The molecule has 0 saturated carbocycles. The van der Waals surface area contributed by atoms with Crippen LogP contribution in [0, 0.1) is 12.8 Å². The number of carbonyl (C=O) groups excluding carboxylic acids is 2. The molecule has 2 saturated heterocycles. The fourth-order valence-electron chi connectivity index (χ4n) is 3.05. The van der Waals surface area contributed by atoms with Crippen molar-refractivity contribution < 1.29 is 9.59 Å². The predicted molar refractivity (Wildman–Crippen MR) is 69.7 cm³/mol. The van der Waals surface area contributed by atoms with Crippen LogP contribution >= 0.6 is 0 Å². The summed E-state index contributed by atoms with van der Waals surface area (Å²) in [6.45, 7) is 7.90. The van der Waals surface area contributed by atoms with Crippen LogP contribution in [0.1, 0.15) is 39.0 Å². The van der Waals surface area contributed by atoms with Crippen molar-refractivity contribution >= 4 is 11.8 Å². The third-order valence-corrected chi connectivity index (χ3v) is 4.28. The van der Waals surface area contributed by atoms with Crippen molar-refractivity contribution in [3.8, 4) is 0 Å². The molecule has 0 aromatic rings. The second kappa shape index (κ2) is 5.72. The van der Waals surface area contributed by atoms with Gasteiger partial charge in [0, 0.05) is 26.6 Å². The van der Waals surface area contributed by atoms with E-state index in [1.165, 1.54) is 0 Å². The summed E-state index contributed by atoms with van der Waals surface area (Å²) in [5, 5.41) is 0. The van der Waals surface area contributed by atoms with Gasteiger partial charge in [-0.05, 0) is 31.6 Å². The van der Waals surface area contributed by atoms with E-state index in [4.69, 9.17) is 0 Å². The molecule has 101 valence electrons. The Morgan fingerprint density at radius 3 is 2.39 bits per heavy atom. The number of piperidine rings is 1. The van der Waals surface area contributed by atoms with Crippen molar-refractivity contribution in [3.05, 3.63) is 6.92 Å². The molecule has 4 heteroatoms. The van der Waals surface area contributed by atoms with Crippen LogP contribution in [0.3, 0.4) is 0 Å². The van der Waals surface area contributed by atoms with E-state index in [-0.39, 0.29) is 17.9 Å². The number of likely N-dealkylation sites (tertiary alicyclic amines) is 2. The smallest absolute Gasteiger partial charge is 0.245 e. The highest BCUT2D eigenvalue weighted by Crippen LogP contribution is 2.24. The lowest BCUT2D eigenvalue weighted by atomic mass is 9.94. The Morgan fingerprint density at radius 1 is 1.17 bits per heavy atom. The zero-order valence-corrected chi connectivity index (χ0v) is 11.2. The molecule has 1 radical (unpaired) electrons. The minimum absolute atomic E-state index is 0.0264. The monoisotopic (exact) mass is 251 g/mol. The van der Waals surface area contributed by atoms with Gasteiger partial charge in [0.05, 0.1) is 0 Å². The molecule has 1 atom stereocenters. The van der Waals surface area contributed by atoms with Crippen molar-refractivity contribution in [1.29, 1.82) is 0 Å². The Bertz CT molecular complexity index is 322. The van der Waals surface area contributed by atoms with Gasteiger partial charge in [-0.2, -0.15) is 0 Å². The van der Waals surface area contributed by atoms with Gasteiger partial charge >= 0.3 is 0 Å². The lowest BCUT2D eigenvalue weighted by Crippen LogP contribution is -2.49. The molecular formula is C14H23N2O2. The minimum atomic E-state index is -0.196. The van der Waals surface area contributed by atoms with Gasteiger partial charge in [-0.3, -0.25) is 9.59 Å². The van der Waals surface area contributed by atoms with Gasteiger partial charge in [0.1, 0.15) is 6.04 Å². The summed E-state index contributed by atoms with van der Waals surface area (Å²) in [6.07, 6.45) is 4.86. The van der Waals surface area contributed by atoms with Crippen LogP contribution in [0.2, 0.25) is 0 Å². The van der Waals surface area contributed by atoms with Crippen LogP contribution in [0.15, 0.2) is 0 Å². The Morgan fingerprint density at radius 2 is 1.83 bits per heavy atom.